The molecule has 1 aliphatic heterocycles. The largest absolute Gasteiger partial charge is 0.395 e. The Hall–Kier alpha value is -1.83. The van der Waals surface area contributed by atoms with Crippen molar-refractivity contribution in [1.82, 2.24) is 10.2 Å². The van der Waals surface area contributed by atoms with Crippen LogP contribution >= 0.6 is 0 Å². The van der Waals surface area contributed by atoms with E-state index in [0.717, 1.165) is 25.2 Å². The molecule has 21 heavy (non-hydrogen) atoms. The van der Waals surface area contributed by atoms with Gasteiger partial charge in [0.2, 0.25) is 0 Å². The third-order valence-corrected chi connectivity index (χ3v) is 3.51. The lowest BCUT2D eigenvalue weighted by atomic mass is 10.1. The van der Waals surface area contributed by atoms with Crippen LogP contribution in [0.25, 0.3) is 0 Å². The molecule has 0 atom stereocenters. The van der Waals surface area contributed by atoms with E-state index in [0.29, 0.717) is 18.5 Å². The maximum Gasteiger partial charge on any atom is 0.251 e. The quantitative estimate of drug-likeness (QED) is 0.801. The van der Waals surface area contributed by atoms with Crippen molar-refractivity contribution in [2.24, 2.45) is 0 Å². The molecule has 4 nitrogen and oxygen atoms in total. The number of benzene rings is 1. The average Bonchev–Trinajstić information content (AvgIpc) is 3.01. The summed E-state index contributed by atoms with van der Waals surface area (Å²) in [5.74, 6) is 5.75. The Morgan fingerprint density at radius 3 is 2.90 bits per heavy atom. The van der Waals surface area contributed by atoms with Crippen LogP contribution in [0.4, 0.5) is 0 Å². The van der Waals surface area contributed by atoms with Crippen molar-refractivity contribution < 1.29 is 9.90 Å². The molecule has 1 aromatic carbocycles. The van der Waals surface area contributed by atoms with Gasteiger partial charge in [-0.15, -0.1) is 0 Å². The fourth-order valence-corrected chi connectivity index (χ4v) is 2.39. The van der Waals surface area contributed by atoms with Crippen molar-refractivity contribution in [3.63, 3.8) is 0 Å². The molecule has 0 saturated carbocycles. The van der Waals surface area contributed by atoms with E-state index >= 15 is 0 Å². The molecule has 0 radical (unpaired) electrons. The third-order valence-electron chi connectivity index (χ3n) is 3.51. The molecule has 1 aromatic rings. The Morgan fingerprint density at radius 2 is 2.14 bits per heavy atom. The highest BCUT2D eigenvalue weighted by molar-refractivity contribution is 5.94. The van der Waals surface area contributed by atoms with Crippen molar-refractivity contribution in [2.75, 3.05) is 32.8 Å². The topological polar surface area (TPSA) is 52.6 Å². The van der Waals surface area contributed by atoms with E-state index in [4.69, 9.17) is 5.11 Å². The molecule has 1 saturated heterocycles. The lowest BCUT2D eigenvalue weighted by molar-refractivity contribution is 0.0949. The fourth-order valence-electron chi connectivity index (χ4n) is 2.39. The van der Waals surface area contributed by atoms with Gasteiger partial charge < -0.3 is 15.3 Å². The van der Waals surface area contributed by atoms with Gasteiger partial charge in [-0.05, 0) is 44.1 Å². The van der Waals surface area contributed by atoms with Crippen LogP contribution in [-0.2, 0) is 0 Å². The lowest BCUT2D eigenvalue weighted by Crippen LogP contribution is -2.33. The number of hydrogen-bond donors (Lipinski definition) is 2. The van der Waals surface area contributed by atoms with Crippen LogP contribution in [0.2, 0.25) is 0 Å². The van der Waals surface area contributed by atoms with Crippen molar-refractivity contribution in [1.29, 1.82) is 0 Å². The zero-order valence-corrected chi connectivity index (χ0v) is 12.3. The molecule has 0 aromatic heterocycles. The highest BCUT2D eigenvalue weighted by Crippen LogP contribution is 2.06. The number of rotatable bonds is 5. The van der Waals surface area contributed by atoms with Gasteiger partial charge in [0.05, 0.1) is 6.61 Å². The minimum Gasteiger partial charge on any atom is -0.395 e. The summed E-state index contributed by atoms with van der Waals surface area (Å²) in [6.07, 6.45) is 2.98. The molecule has 0 aliphatic carbocycles. The number of hydrogen-bond acceptors (Lipinski definition) is 3. The van der Waals surface area contributed by atoms with Gasteiger partial charge >= 0.3 is 0 Å². The Balaban J connectivity index is 1.84. The molecular formula is C17H22N2O2. The molecule has 1 aliphatic rings. The Morgan fingerprint density at radius 1 is 1.33 bits per heavy atom. The van der Waals surface area contributed by atoms with E-state index in [1.54, 1.807) is 12.1 Å². The normalized spacial score (nSPS) is 14.5. The number of nitrogens with zero attached hydrogens (tertiary/aromatic N) is 1. The molecule has 4 heteroatoms. The average molecular weight is 286 g/mol. The summed E-state index contributed by atoms with van der Waals surface area (Å²) in [6, 6.07) is 7.28. The first-order valence-corrected chi connectivity index (χ1v) is 7.50. The minimum atomic E-state index is -0.0556. The molecule has 1 heterocycles. The van der Waals surface area contributed by atoms with Crippen LogP contribution < -0.4 is 5.32 Å². The third kappa shape index (κ3) is 5.22. The van der Waals surface area contributed by atoms with Crippen LogP contribution in [0.1, 0.15) is 35.2 Å². The van der Waals surface area contributed by atoms with Crippen molar-refractivity contribution >= 4 is 5.91 Å². The van der Waals surface area contributed by atoms with Crippen LogP contribution in [0.15, 0.2) is 24.3 Å². The highest BCUT2D eigenvalue weighted by atomic mass is 16.2. The number of aliphatic hydroxyl groups excluding tert-OH is 1. The second-order valence-electron chi connectivity index (χ2n) is 5.16. The van der Waals surface area contributed by atoms with Crippen molar-refractivity contribution in [3.05, 3.63) is 35.4 Å². The molecular weight excluding hydrogens is 264 g/mol. The van der Waals surface area contributed by atoms with Gasteiger partial charge in [0.15, 0.2) is 0 Å². The number of amides is 1. The van der Waals surface area contributed by atoms with E-state index in [1.165, 1.54) is 12.8 Å². The highest BCUT2D eigenvalue weighted by Gasteiger charge is 2.11. The predicted molar refractivity (Wildman–Crippen MR) is 83.0 cm³/mol. The first-order chi connectivity index (χ1) is 10.3. The minimum absolute atomic E-state index is 0.0556. The Bertz CT molecular complexity index is 525. The van der Waals surface area contributed by atoms with Crippen LogP contribution in [-0.4, -0.2) is 48.7 Å². The summed E-state index contributed by atoms with van der Waals surface area (Å²) in [4.78, 5) is 14.5. The van der Waals surface area contributed by atoms with Gasteiger partial charge in [0, 0.05) is 30.6 Å². The summed E-state index contributed by atoms with van der Waals surface area (Å²) < 4.78 is 0. The first kappa shape index (κ1) is 15.6. The molecule has 0 spiro atoms. The Kier molecular flexibility index (Phi) is 6.26. The SMILES string of the molecule is O=C(NCCN1CCCC1)c1cccc(C#CCCO)c1. The monoisotopic (exact) mass is 286 g/mol. The molecule has 112 valence electrons. The fraction of sp³-hybridized carbons (Fsp3) is 0.471. The molecule has 1 amide bonds. The number of likely N-dealkylation sites (tertiary alicyclic amines) is 1. The summed E-state index contributed by atoms with van der Waals surface area (Å²) in [5.41, 5.74) is 1.43. The standard InChI is InChI=1S/C17H22N2O2/c20-13-4-1-6-15-7-5-8-16(14-15)17(21)18-9-12-19-10-2-3-11-19/h5,7-8,14,20H,2-4,9-13H2,(H,18,21). The van der Waals surface area contributed by atoms with Crippen molar-refractivity contribution in [2.45, 2.75) is 19.3 Å². The first-order valence-electron chi connectivity index (χ1n) is 7.50. The van der Waals surface area contributed by atoms with Gasteiger partial charge in [0.1, 0.15) is 0 Å². The van der Waals surface area contributed by atoms with Gasteiger partial charge in [-0.25, -0.2) is 0 Å². The van der Waals surface area contributed by atoms with Gasteiger partial charge in [-0.3, -0.25) is 4.79 Å². The lowest BCUT2D eigenvalue weighted by Gasteiger charge is -2.14. The maximum absolute atomic E-state index is 12.1. The maximum atomic E-state index is 12.1. The number of nitrogens with one attached hydrogen (secondary N) is 1. The second-order valence-corrected chi connectivity index (χ2v) is 5.16. The molecule has 1 fully saturated rings. The van der Waals surface area contributed by atoms with Gasteiger partial charge in [-0.2, -0.15) is 0 Å². The number of carbonyl (C=O) groups excluding carboxylic acids is 1. The van der Waals surface area contributed by atoms with Gasteiger partial charge in [-0.1, -0.05) is 17.9 Å². The smallest absolute Gasteiger partial charge is 0.251 e. The summed E-state index contributed by atoms with van der Waals surface area (Å²) in [7, 11) is 0. The second kappa shape index (κ2) is 8.46. The van der Waals surface area contributed by atoms with Crippen molar-refractivity contribution in [3.8, 4) is 11.8 Å². The van der Waals surface area contributed by atoms with Crippen LogP contribution in [0.3, 0.4) is 0 Å². The summed E-state index contributed by atoms with van der Waals surface area (Å²) in [6.45, 7) is 3.95. The van der Waals surface area contributed by atoms with E-state index in [9.17, 15) is 4.79 Å². The zero-order valence-electron chi connectivity index (χ0n) is 12.3. The van der Waals surface area contributed by atoms with Crippen LogP contribution in [0.5, 0.6) is 0 Å². The Labute approximate surface area is 126 Å². The van der Waals surface area contributed by atoms with Gasteiger partial charge in [0.25, 0.3) is 5.91 Å². The summed E-state index contributed by atoms with van der Waals surface area (Å²) >= 11 is 0. The van der Waals surface area contributed by atoms with E-state index in [1.807, 2.05) is 12.1 Å². The molecule has 2 rings (SSSR count). The molecule has 0 unspecified atom stereocenters. The molecule has 2 N–H and O–H groups in total. The van der Waals surface area contributed by atoms with E-state index < -0.39 is 0 Å². The van der Waals surface area contributed by atoms with E-state index in [-0.39, 0.29) is 12.5 Å². The summed E-state index contributed by atoms with van der Waals surface area (Å²) in [5, 5.41) is 11.7. The molecule has 0 bridgehead atoms. The number of carbonyl (C=O) groups is 1. The number of aliphatic hydroxyl groups is 1. The van der Waals surface area contributed by atoms with Crippen LogP contribution in [0, 0.1) is 11.8 Å². The van der Waals surface area contributed by atoms with E-state index in [2.05, 4.69) is 22.1 Å². The zero-order chi connectivity index (χ0) is 14.9. The predicted octanol–water partition coefficient (Wildman–Crippen LogP) is 1.25.